The lowest BCUT2D eigenvalue weighted by Gasteiger charge is -2.40. The smallest absolute Gasteiger partial charge is 0.410 e. The molecule has 4 heterocycles. The Bertz CT molecular complexity index is 2110. The highest BCUT2D eigenvalue weighted by Gasteiger charge is 2.32. The normalized spacial score (nSPS) is 18.0. The van der Waals surface area contributed by atoms with Crippen LogP contribution in [0.3, 0.4) is 0 Å². The third-order valence-corrected chi connectivity index (χ3v) is 10.3. The van der Waals surface area contributed by atoms with E-state index >= 15 is 4.39 Å². The summed E-state index contributed by atoms with van der Waals surface area (Å²) in [7, 11) is 1.88. The zero-order valence-corrected chi connectivity index (χ0v) is 31.9. The molecule has 5 aromatic rings. The second-order valence-corrected chi connectivity index (χ2v) is 15.6. The van der Waals surface area contributed by atoms with Gasteiger partial charge >= 0.3 is 6.09 Å². The number of aromatic nitrogens is 3. The average Bonchev–Trinajstić information content (AvgIpc) is 3.48. The van der Waals surface area contributed by atoms with Crippen LogP contribution in [0.5, 0.6) is 11.8 Å². The van der Waals surface area contributed by atoms with Crippen LogP contribution in [0.15, 0.2) is 91.0 Å². The molecule has 282 valence electrons. The lowest BCUT2D eigenvalue weighted by atomic mass is 9.86. The molecule has 2 atom stereocenters. The molecule has 0 N–H and O–H groups in total. The first kappa shape index (κ1) is 37.1. The molecule has 54 heavy (non-hydrogen) atoms. The van der Waals surface area contributed by atoms with E-state index in [1.165, 1.54) is 0 Å². The number of carbonyl (C=O) groups excluding carboxylic acids is 1. The summed E-state index contributed by atoms with van der Waals surface area (Å²) >= 11 is 0. The number of rotatable bonds is 10. The minimum absolute atomic E-state index is 0.228. The van der Waals surface area contributed by atoms with Gasteiger partial charge < -0.3 is 19.1 Å². The van der Waals surface area contributed by atoms with Crippen molar-refractivity contribution in [1.29, 1.82) is 0 Å². The third kappa shape index (κ3) is 8.76. The van der Waals surface area contributed by atoms with Crippen LogP contribution in [0.2, 0.25) is 0 Å². The van der Waals surface area contributed by atoms with E-state index in [4.69, 9.17) is 24.3 Å². The van der Waals surface area contributed by atoms with Gasteiger partial charge in [0.1, 0.15) is 30.3 Å². The summed E-state index contributed by atoms with van der Waals surface area (Å²) in [6.07, 6.45) is 3.64. The van der Waals surface area contributed by atoms with Crippen LogP contribution in [0.1, 0.15) is 57.2 Å². The molecule has 7 rings (SSSR count). The molecule has 1 amide bonds. The highest BCUT2D eigenvalue weighted by molar-refractivity contribution is 5.96. The van der Waals surface area contributed by atoms with E-state index in [2.05, 4.69) is 17.9 Å². The number of aryl methyl sites for hydroxylation is 1. The van der Waals surface area contributed by atoms with Crippen LogP contribution in [0, 0.1) is 17.7 Å². The SMILES string of the molecule is C[C@H]1CN(C(=O)OC(C)(C)C)CC[C@H]1CN1CC=C(c2cc3c(cc2F)c(-c2ccc(OCc4ccccc4)nc2OCc2ccccc2)nn3C)CC1. The van der Waals surface area contributed by atoms with Crippen molar-refractivity contribution in [2.75, 3.05) is 32.7 Å². The Morgan fingerprint density at radius 1 is 0.907 bits per heavy atom. The van der Waals surface area contributed by atoms with Gasteiger partial charge in [-0.05, 0) is 80.3 Å². The number of pyridine rings is 1. The molecule has 0 radical (unpaired) electrons. The molecule has 0 spiro atoms. The van der Waals surface area contributed by atoms with Crippen LogP contribution < -0.4 is 9.47 Å². The van der Waals surface area contributed by atoms with Gasteiger partial charge in [0.15, 0.2) is 0 Å². The Hall–Kier alpha value is -5.22. The van der Waals surface area contributed by atoms with Crippen molar-refractivity contribution >= 4 is 22.6 Å². The summed E-state index contributed by atoms with van der Waals surface area (Å²) in [5.74, 6) is 1.38. The Morgan fingerprint density at radius 3 is 2.26 bits per heavy atom. The van der Waals surface area contributed by atoms with E-state index in [0.717, 1.165) is 54.7 Å². The first-order valence-corrected chi connectivity index (χ1v) is 18.9. The fraction of sp³-hybridized carbons (Fsp3) is 0.386. The number of halogens is 1. The van der Waals surface area contributed by atoms with Crippen LogP contribution in [0.25, 0.3) is 27.7 Å². The second-order valence-electron chi connectivity index (χ2n) is 15.6. The van der Waals surface area contributed by atoms with Crippen LogP contribution >= 0.6 is 0 Å². The Morgan fingerprint density at radius 2 is 1.61 bits per heavy atom. The molecule has 3 aromatic carbocycles. The standard InChI is InChI=1S/C44H50FN5O4/c1-30-26-50(43(51)54-44(2,3)4)23-20-34(30)27-49-21-18-33(19-22-49)36-25-39-37(24-38(36)45)41(47-48(39)5)35-16-17-40(52-28-31-12-8-6-9-13-31)46-42(35)53-29-32-14-10-7-11-15-32/h6-18,24-25,30,34H,19-23,26-29H2,1-5H3/t30-,34-/m0/s1. The molecule has 2 aliphatic rings. The molecule has 0 saturated carbocycles. The highest BCUT2D eigenvalue weighted by Crippen LogP contribution is 2.38. The lowest BCUT2D eigenvalue weighted by Crippen LogP contribution is -2.47. The van der Waals surface area contributed by atoms with Gasteiger partial charge in [0.05, 0.1) is 11.1 Å². The Labute approximate surface area is 317 Å². The maximum absolute atomic E-state index is 16.1. The van der Waals surface area contributed by atoms with Gasteiger partial charge in [-0.3, -0.25) is 9.58 Å². The lowest BCUT2D eigenvalue weighted by molar-refractivity contribution is 0.00920. The van der Waals surface area contributed by atoms with Gasteiger partial charge in [-0.15, -0.1) is 0 Å². The van der Waals surface area contributed by atoms with Gasteiger partial charge in [-0.2, -0.15) is 10.1 Å². The maximum Gasteiger partial charge on any atom is 0.410 e. The largest absolute Gasteiger partial charge is 0.473 e. The van der Waals surface area contributed by atoms with Gasteiger partial charge in [0.2, 0.25) is 11.8 Å². The van der Waals surface area contributed by atoms with Crippen LogP contribution in [0.4, 0.5) is 9.18 Å². The summed E-state index contributed by atoms with van der Waals surface area (Å²) < 4.78 is 35.9. The fourth-order valence-electron chi connectivity index (χ4n) is 7.38. The highest BCUT2D eigenvalue weighted by atomic mass is 19.1. The third-order valence-electron chi connectivity index (χ3n) is 10.3. The van der Waals surface area contributed by atoms with E-state index in [1.54, 1.807) is 10.7 Å². The number of carbonyl (C=O) groups is 1. The predicted molar refractivity (Wildman–Crippen MR) is 210 cm³/mol. The predicted octanol–water partition coefficient (Wildman–Crippen LogP) is 8.91. The Balaban J connectivity index is 1.07. The molecule has 1 saturated heterocycles. The monoisotopic (exact) mass is 731 g/mol. The van der Waals surface area contributed by atoms with Crippen molar-refractivity contribution in [2.24, 2.45) is 18.9 Å². The van der Waals surface area contributed by atoms with E-state index in [9.17, 15) is 4.79 Å². The molecule has 2 aromatic heterocycles. The minimum Gasteiger partial charge on any atom is -0.473 e. The molecule has 9 nitrogen and oxygen atoms in total. The number of nitrogens with zero attached hydrogens (tertiary/aromatic N) is 5. The number of piperidine rings is 1. The summed E-state index contributed by atoms with van der Waals surface area (Å²) in [6, 6.07) is 27.1. The summed E-state index contributed by atoms with van der Waals surface area (Å²) in [6.45, 7) is 12.6. The summed E-state index contributed by atoms with van der Waals surface area (Å²) in [5, 5.41) is 5.56. The fourth-order valence-corrected chi connectivity index (χ4v) is 7.38. The van der Waals surface area contributed by atoms with Gasteiger partial charge in [0.25, 0.3) is 0 Å². The molecule has 0 unspecified atom stereocenters. The first-order valence-electron chi connectivity index (χ1n) is 18.9. The number of likely N-dealkylation sites (tertiary alicyclic amines) is 1. The number of hydrogen-bond acceptors (Lipinski definition) is 7. The Kier molecular flexibility index (Phi) is 11.0. The molecule has 10 heteroatoms. The number of fused-ring (bicyclic) bond motifs is 1. The second kappa shape index (κ2) is 16.0. The minimum atomic E-state index is -0.498. The van der Waals surface area contributed by atoms with E-state index < -0.39 is 5.60 Å². The van der Waals surface area contributed by atoms with E-state index in [-0.39, 0.29) is 11.9 Å². The van der Waals surface area contributed by atoms with E-state index in [0.29, 0.717) is 72.1 Å². The summed E-state index contributed by atoms with van der Waals surface area (Å²) in [5.41, 5.74) is 5.24. The van der Waals surface area contributed by atoms with Crippen molar-refractivity contribution in [3.8, 4) is 23.0 Å². The number of amides is 1. The molecular weight excluding hydrogens is 682 g/mol. The van der Waals surface area contributed by atoms with Crippen LogP contribution in [-0.4, -0.2) is 69.0 Å². The molecule has 2 aliphatic heterocycles. The quantitative estimate of drug-likeness (QED) is 0.142. The first-order chi connectivity index (χ1) is 26.0. The molecule has 1 fully saturated rings. The summed E-state index contributed by atoms with van der Waals surface area (Å²) in [4.78, 5) is 21.7. The zero-order chi connectivity index (χ0) is 37.8. The topological polar surface area (TPSA) is 82.0 Å². The zero-order valence-electron chi connectivity index (χ0n) is 31.9. The molecule has 0 bridgehead atoms. The van der Waals surface area contributed by atoms with E-state index in [1.807, 2.05) is 112 Å². The van der Waals surface area contributed by atoms with Gasteiger partial charge in [0, 0.05) is 56.8 Å². The number of benzene rings is 3. The van der Waals surface area contributed by atoms with Crippen molar-refractivity contribution < 1.29 is 23.4 Å². The van der Waals surface area contributed by atoms with Crippen molar-refractivity contribution in [3.05, 3.63) is 114 Å². The van der Waals surface area contributed by atoms with Crippen molar-refractivity contribution in [1.82, 2.24) is 24.6 Å². The van der Waals surface area contributed by atoms with Gasteiger partial charge in [-0.1, -0.05) is 73.7 Å². The van der Waals surface area contributed by atoms with Crippen LogP contribution in [-0.2, 0) is 25.0 Å². The number of hydrogen-bond donors (Lipinski definition) is 0. The molecular formula is C44H50FN5O4. The maximum atomic E-state index is 16.1. The number of ether oxygens (including phenoxy) is 3. The average molecular weight is 732 g/mol. The molecule has 0 aliphatic carbocycles. The van der Waals surface area contributed by atoms with Crippen molar-refractivity contribution in [2.45, 2.75) is 59.4 Å². The van der Waals surface area contributed by atoms with Gasteiger partial charge in [-0.25, -0.2) is 9.18 Å². The van der Waals surface area contributed by atoms with Crippen molar-refractivity contribution in [3.63, 3.8) is 0 Å².